The van der Waals surface area contributed by atoms with Crippen molar-refractivity contribution in [3.8, 4) is 0 Å². The Hall–Kier alpha value is -1.37. The third kappa shape index (κ3) is 4.63. The standard InChI is InChI=1S/C13H22N2O4S/c1-9(2)15(10(3)4)13(16)8-20(17,18)7-12-6-11(5)19-14-12/h6,9-10H,7-8H2,1-5H3. The first-order chi connectivity index (χ1) is 9.12. The normalized spacial score (nSPS) is 12.2. The number of aromatic nitrogens is 1. The van der Waals surface area contributed by atoms with Crippen LogP contribution in [0.1, 0.15) is 39.1 Å². The average molecular weight is 302 g/mol. The molecule has 0 saturated heterocycles. The fraction of sp³-hybridized carbons (Fsp3) is 0.692. The van der Waals surface area contributed by atoms with Crippen LogP contribution in [0.25, 0.3) is 0 Å². The topological polar surface area (TPSA) is 80.5 Å². The van der Waals surface area contributed by atoms with Crippen molar-refractivity contribution < 1.29 is 17.7 Å². The zero-order valence-electron chi connectivity index (χ0n) is 12.6. The highest BCUT2D eigenvalue weighted by Crippen LogP contribution is 2.11. The Morgan fingerprint density at radius 1 is 1.30 bits per heavy atom. The van der Waals surface area contributed by atoms with Crippen molar-refractivity contribution in [3.05, 3.63) is 17.5 Å². The number of amides is 1. The molecular formula is C13H22N2O4S. The highest BCUT2D eigenvalue weighted by molar-refractivity contribution is 7.91. The third-order valence-electron chi connectivity index (χ3n) is 2.79. The maximum atomic E-state index is 12.1. The van der Waals surface area contributed by atoms with Crippen molar-refractivity contribution in [2.45, 2.75) is 52.5 Å². The van der Waals surface area contributed by atoms with E-state index < -0.39 is 15.6 Å². The monoisotopic (exact) mass is 302 g/mol. The van der Waals surface area contributed by atoms with Crippen molar-refractivity contribution in [1.82, 2.24) is 10.1 Å². The van der Waals surface area contributed by atoms with Crippen LogP contribution < -0.4 is 0 Å². The summed E-state index contributed by atoms with van der Waals surface area (Å²) < 4.78 is 28.9. The summed E-state index contributed by atoms with van der Waals surface area (Å²) in [5.41, 5.74) is 0.330. The van der Waals surface area contributed by atoms with Gasteiger partial charge in [0.25, 0.3) is 0 Å². The zero-order chi connectivity index (χ0) is 15.5. The first-order valence-corrected chi connectivity index (χ1v) is 8.38. The molecule has 1 aromatic rings. The molecule has 0 unspecified atom stereocenters. The van der Waals surface area contributed by atoms with E-state index in [-0.39, 0.29) is 23.7 Å². The van der Waals surface area contributed by atoms with Crippen LogP contribution in [-0.4, -0.2) is 42.2 Å². The summed E-state index contributed by atoms with van der Waals surface area (Å²) in [6.45, 7) is 9.15. The van der Waals surface area contributed by atoms with Crippen molar-refractivity contribution >= 4 is 15.7 Å². The summed E-state index contributed by atoms with van der Waals surface area (Å²) >= 11 is 0. The van der Waals surface area contributed by atoms with E-state index in [1.807, 2.05) is 27.7 Å². The largest absolute Gasteiger partial charge is 0.361 e. The zero-order valence-corrected chi connectivity index (χ0v) is 13.4. The molecule has 114 valence electrons. The minimum absolute atomic E-state index is 0.0352. The molecular weight excluding hydrogens is 280 g/mol. The lowest BCUT2D eigenvalue weighted by molar-refractivity contribution is -0.131. The minimum atomic E-state index is -3.55. The van der Waals surface area contributed by atoms with E-state index in [0.717, 1.165) is 0 Å². The molecule has 0 atom stereocenters. The Bertz CT molecular complexity index is 553. The van der Waals surface area contributed by atoms with Crippen molar-refractivity contribution in [2.75, 3.05) is 5.75 Å². The predicted octanol–water partition coefficient (Wildman–Crippen LogP) is 1.54. The SMILES string of the molecule is Cc1cc(CS(=O)(=O)CC(=O)N(C(C)C)C(C)C)no1. The number of hydrogen-bond acceptors (Lipinski definition) is 5. The maximum Gasteiger partial charge on any atom is 0.238 e. The molecule has 1 rings (SSSR count). The van der Waals surface area contributed by atoms with Gasteiger partial charge >= 0.3 is 0 Å². The Morgan fingerprint density at radius 2 is 1.85 bits per heavy atom. The summed E-state index contributed by atoms with van der Waals surface area (Å²) in [7, 11) is -3.55. The Kier molecular flexibility index (Phi) is 5.33. The van der Waals surface area contributed by atoms with Gasteiger partial charge in [-0.25, -0.2) is 8.42 Å². The fourth-order valence-electron chi connectivity index (χ4n) is 2.20. The molecule has 0 aliphatic carbocycles. The maximum absolute atomic E-state index is 12.1. The van der Waals surface area contributed by atoms with E-state index in [4.69, 9.17) is 4.52 Å². The van der Waals surface area contributed by atoms with Gasteiger partial charge in [-0.05, 0) is 34.6 Å². The van der Waals surface area contributed by atoms with E-state index in [1.54, 1.807) is 17.9 Å². The highest BCUT2D eigenvalue weighted by atomic mass is 32.2. The minimum Gasteiger partial charge on any atom is -0.361 e. The highest BCUT2D eigenvalue weighted by Gasteiger charge is 2.26. The molecule has 20 heavy (non-hydrogen) atoms. The lowest BCUT2D eigenvalue weighted by atomic mass is 10.2. The molecule has 7 heteroatoms. The van der Waals surface area contributed by atoms with Crippen molar-refractivity contribution in [1.29, 1.82) is 0 Å². The molecule has 0 N–H and O–H groups in total. The van der Waals surface area contributed by atoms with Crippen LogP contribution in [0.15, 0.2) is 10.6 Å². The molecule has 0 aliphatic heterocycles. The van der Waals surface area contributed by atoms with Gasteiger partial charge in [-0.1, -0.05) is 5.16 Å². The van der Waals surface area contributed by atoms with Gasteiger partial charge in [0.15, 0.2) is 9.84 Å². The Balaban J connectivity index is 2.77. The summed E-state index contributed by atoms with van der Waals surface area (Å²) in [6, 6.07) is 1.49. The van der Waals surface area contributed by atoms with Gasteiger partial charge in [-0.2, -0.15) is 0 Å². The van der Waals surface area contributed by atoms with E-state index in [2.05, 4.69) is 5.16 Å². The summed E-state index contributed by atoms with van der Waals surface area (Å²) in [4.78, 5) is 13.7. The van der Waals surface area contributed by atoms with Crippen LogP contribution in [-0.2, 0) is 20.4 Å². The lowest BCUT2D eigenvalue weighted by Gasteiger charge is -2.30. The van der Waals surface area contributed by atoms with E-state index in [0.29, 0.717) is 11.5 Å². The van der Waals surface area contributed by atoms with Gasteiger partial charge in [-0.15, -0.1) is 0 Å². The molecule has 6 nitrogen and oxygen atoms in total. The van der Waals surface area contributed by atoms with E-state index in [9.17, 15) is 13.2 Å². The summed E-state index contributed by atoms with van der Waals surface area (Å²) in [5, 5.41) is 3.64. The molecule has 0 aromatic carbocycles. The predicted molar refractivity (Wildman–Crippen MR) is 75.8 cm³/mol. The Labute approximate surface area is 120 Å². The van der Waals surface area contributed by atoms with Gasteiger partial charge in [0.05, 0.1) is 11.4 Å². The molecule has 1 heterocycles. The summed E-state index contributed by atoms with van der Waals surface area (Å²) in [5.74, 6) is -0.613. The van der Waals surface area contributed by atoms with E-state index in [1.165, 1.54) is 0 Å². The first-order valence-electron chi connectivity index (χ1n) is 6.56. The van der Waals surface area contributed by atoms with Crippen LogP contribution in [0.4, 0.5) is 0 Å². The molecule has 0 fully saturated rings. The van der Waals surface area contributed by atoms with Gasteiger partial charge in [0, 0.05) is 18.2 Å². The molecule has 0 spiro atoms. The number of carbonyl (C=O) groups is 1. The van der Waals surface area contributed by atoms with Gasteiger partial charge in [-0.3, -0.25) is 4.79 Å². The summed E-state index contributed by atoms with van der Waals surface area (Å²) in [6.07, 6.45) is 0. The second-order valence-corrected chi connectivity index (χ2v) is 7.51. The van der Waals surface area contributed by atoms with Gasteiger partial charge < -0.3 is 9.42 Å². The number of aryl methyl sites for hydroxylation is 1. The third-order valence-corrected chi connectivity index (χ3v) is 4.21. The molecule has 0 saturated carbocycles. The van der Waals surface area contributed by atoms with Gasteiger partial charge in [0.2, 0.25) is 5.91 Å². The second kappa shape index (κ2) is 6.39. The van der Waals surface area contributed by atoms with Crippen molar-refractivity contribution in [2.24, 2.45) is 0 Å². The number of nitrogens with zero attached hydrogens (tertiary/aromatic N) is 2. The number of carbonyl (C=O) groups excluding carboxylic acids is 1. The van der Waals surface area contributed by atoms with Crippen LogP contribution >= 0.6 is 0 Å². The first kappa shape index (κ1) is 16.7. The molecule has 0 aliphatic rings. The van der Waals surface area contributed by atoms with E-state index >= 15 is 0 Å². The second-order valence-electron chi connectivity index (χ2n) is 5.45. The van der Waals surface area contributed by atoms with Crippen LogP contribution in [0, 0.1) is 6.92 Å². The van der Waals surface area contributed by atoms with Crippen molar-refractivity contribution in [3.63, 3.8) is 0 Å². The van der Waals surface area contributed by atoms with Crippen LogP contribution in [0.3, 0.4) is 0 Å². The molecule has 0 radical (unpaired) electrons. The average Bonchev–Trinajstić information content (AvgIpc) is 2.60. The fourth-order valence-corrected chi connectivity index (χ4v) is 3.41. The smallest absolute Gasteiger partial charge is 0.238 e. The molecule has 0 bridgehead atoms. The number of hydrogen-bond donors (Lipinski definition) is 0. The lowest BCUT2D eigenvalue weighted by Crippen LogP contribution is -2.45. The van der Waals surface area contributed by atoms with Crippen LogP contribution in [0.5, 0.6) is 0 Å². The Morgan fingerprint density at radius 3 is 2.25 bits per heavy atom. The molecule has 1 amide bonds. The molecule has 1 aromatic heterocycles. The number of rotatable bonds is 6. The quantitative estimate of drug-likeness (QED) is 0.796. The van der Waals surface area contributed by atoms with Gasteiger partial charge in [0.1, 0.15) is 11.5 Å². The van der Waals surface area contributed by atoms with Crippen LogP contribution in [0.2, 0.25) is 0 Å². The number of sulfone groups is 1.